The molecule has 1 saturated heterocycles. The lowest BCUT2D eigenvalue weighted by atomic mass is 9.92. The van der Waals surface area contributed by atoms with Gasteiger partial charge in [-0.3, -0.25) is 4.79 Å². The van der Waals surface area contributed by atoms with Gasteiger partial charge in [0.25, 0.3) is 0 Å². The van der Waals surface area contributed by atoms with Gasteiger partial charge in [0.15, 0.2) is 0 Å². The van der Waals surface area contributed by atoms with E-state index in [9.17, 15) is 4.79 Å². The van der Waals surface area contributed by atoms with Crippen molar-refractivity contribution in [1.82, 2.24) is 10.3 Å². The van der Waals surface area contributed by atoms with Gasteiger partial charge in [-0.05, 0) is 30.9 Å². The number of para-hydroxylation sites is 1. The van der Waals surface area contributed by atoms with E-state index in [1.54, 1.807) is 25.4 Å². The molecule has 1 N–H and O–H groups in total. The minimum Gasteiger partial charge on any atom is -0.496 e. The van der Waals surface area contributed by atoms with Crippen LogP contribution < -0.4 is 10.1 Å². The number of aromatic nitrogens is 1. The Hall–Kier alpha value is -1.92. The number of hydrogen-bond donors (Lipinski definition) is 1. The van der Waals surface area contributed by atoms with E-state index < -0.39 is 0 Å². The summed E-state index contributed by atoms with van der Waals surface area (Å²) in [5.41, 5.74) is 0.987. The van der Waals surface area contributed by atoms with Gasteiger partial charge >= 0.3 is 0 Å². The molecular formula is C20H26N2O3S. The molecule has 0 bridgehead atoms. The second-order valence-corrected chi connectivity index (χ2v) is 8.11. The van der Waals surface area contributed by atoms with Crippen LogP contribution in [0.25, 0.3) is 10.6 Å². The summed E-state index contributed by atoms with van der Waals surface area (Å²) in [6, 6.07) is 8.02. The predicted molar refractivity (Wildman–Crippen MR) is 103 cm³/mol. The molecule has 2 heterocycles. The highest BCUT2D eigenvalue weighted by Gasteiger charge is 2.33. The fourth-order valence-electron chi connectivity index (χ4n) is 3.36. The molecule has 1 amide bonds. The normalized spacial score (nSPS) is 23.0. The first kappa shape index (κ1) is 18.9. The zero-order chi connectivity index (χ0) is 18.7. The van der Waals surface area contributed by atoms with E-state index in [0.29, 0.717) is 5.92 Å². The van der Waals surface area contributed by atoms with Crippen molar-refractivity contribution in [2.24, 2.45) is 5.92 Å². The van der Waals surface area contributed by atoms with Gasteiger partial charge in [-0.2, -0.15) is 0 Å². The molecule has 26 heavy (non-hydrogen) atoms. The van der Waals surface area contributed by atoms with Crippen LogP contribution in [-0.2, 0) is 9.53 Å². The molecule has 6 heteroatoms. The van der Waals surface area contributed by atoms with Crippen LogP contribution in [0.5, 0.6) is 5.75 Å². The number of nitrogens with one attached hydrogen (secondary N) is 1. The van der Waals surface area contributed by atoms with E-state index in [1.165, 1.54) is 0 Å². The Morgan fingerprint density at radius 2 is 2.12 bits per heavy atom. The molecule has 2 aromatic rings. The molecule has 1 aliphatic rings. The standard InChI is InChI=1S/C20H26N2O3S/c1-12(2)17-9-14(22-13(3)23)10-18(25-17)19-11-21-20(26-19)15-7-5-6-8-16(15)24-4/h5-8,11-12,14,17-18H,9-10H2,1-4H3,(H,22,23)/t14-,17-,18+/m0/s1. The molecular weight excluding hydrogens is 348 g/mol. The number of rotatable bonds is 5. The van der Waals surface area contributed by atoms with Gasteiger partial charge in [0, 0.05) is 19.2 Å². The number of methoxy groups -OCH3 is 1. The maximum atomic E-state index is 11.5. The van der Waals surface area contributed by atoms with Crippen molar-refractivity contribution in [1.29, 1.82) is 0 Å². The lowest BCUT2D eigenvalue weighted by Crippen LogP contribution is -2.43. The molecule has 1 aliphatic heterocycles. The van der Waals surface area contributed by atoms with Crippen molar-refractivity contribution < 1.29 is 14.3 Å². The summed E-state index contributed by atoms with van der Waals surface area (Å²) >= 11 is 1.63. The predicted octanol–water partition coefficient (Wildman–Crippen LogP) is 4.20. The molecule has 1 aromatic carbocycles. The molecule has 1 fully saturated rings. The first-order valence-electron chi connectivity index (χ1n) is 8.99. The van der Waals surface area contributed by atoms with Crippen molar-refractivity contribution in [3.05, 3.63) is 35.3 Å². The van der Waals surface area contributed by atoms with E-state index in [2.05, 4.69) is 24.1 Å². The monoisotopic (exact) mass is 374 g/mol. The lowest BCUT2D eigenvalue weighted by molar-refractivity contribution is -0.123. The van der Waals surface area contributed by atoms with Crippen LogP contribution in [0, 0.1) is 5.92 Å². The summed E-state index contributed by atoms with van der Waals surface area (Å²) < 4.78 is 11.8. The number of hydrogen-bond acceptors (Lipinski definition) is 5. The Bertz CT molecular complexity index is 759. The second-order valence-electron chi connectivity index (χ2n) is 7.04. The van der Waals surface area contributed by atoms with E-state index in [4.69, 9.17) is 9.47 Å². The van der Waals surface area contributed by atoms with E-state index >= 15 is 0 Å². The maximum absolute atomic E-state index is 11.5. The number of carbonyl (C=O) groups is 1. The zero-order valence-electron chi connectivity index (χ0n) is 15.7. The fraction of sp³-hybridized carbons (Fsp3) is 0.500. The number of nitrogens with zero attached hydrogens (tertiary/aromatic N) is 1. The molecule has 3 rings (SSSR count). The van der Waals surface area contributed by atoms with Crippen LogP contribution >= 0.6 is 11.3 Å². The van der Waals surface area contributed by atoms with E-state index in [1.807, 2.05) is 30.5 Å². The molecule has 140 valence electrons. The Kier molecular flexibility index (Phi) is 5.94. The van der Waals surface area contributed by atoms with Crippen molar-refractivity contribution in [3.63, 3.8) is 0 Å². The highest BCUT2D eigenvalue weighted by atomic mass is 32.1. The van der Waals surface area contributed by atoms with Crippen molar-refractivity contribution >= 4 is 17.2 Å². The molecule has 5 nitrogen and oxygen atoms in total. The summed E-state index contributed by atoms with van der Waals surface area (Å²) in [7, 11) is 1.67. The van der Waals surface area contributed by atoms with Gasteiger partial charge in [0.2, 0.25) is 5.91 Å². The summed E-state index contributed by atoms with van der Waals surface area (Å²) in [5, 5.41) is 3.99. The van der Waals surface area contributed by atoms with Crippen LogP contribution in [0.2, 0.25) is 0 Å². The second kappa shape index (κ2) is 8.18. The van der Waals surface area contributed by atoms with Gasteiger partial charge in [-0.15, -0.1) is 11.3 Å². The molecule has 0 saturated carbocycles. The van der Waals surface area contributed by atoms with Crippen LogP contribution in [0.1, 0.15) is 44.6 Å². The average Bonchev–Trinajstić information content (AvgIpc) is 3.10. The Labute approximate surface area is 158 Å². The molecule has 0 unspecified atom stereocenters. The molecule has 0 radical (unpaired) electrons. The van der Waals surface area contributed by atoms with Crippen LogP contribution in [-0.4, -0.2) is 30.1 Å². The minimum absolute atomic E-state index is 0.0113. The fourth-order valence-corrected chi connectivity index (χ4v) is 4.35. The number of benzene rings is 1. The first-order valence-corrected chi connectivity index (χ1v) is 9.81. The molecule has 0 aliphatic carbocycles. The van der Waals surface area contributed by atoms with Gasteiger partial charge < -0.3 is 14.8 Å². The Morgan fingerprint density at radius 3 is 2.81 bits per heavy atom. The van der Waals surface area contributed by atoms with Crippen LogP contribution in [0.4, 0.5) is 0 Å². The van der Waals surface area contributed by atoms with Gasteiger partial charge in [-0.25, -0.2) is 4.98 Å². The quantitative estimate of drug-likeness (QED) is 0.852. The third-order valence-electron chi connectivity index (χ3n) is 4.68. The Morgan fingerprint density at radius 1 is 1.35 bits per heavy atom. The number of carbonyl (C=O) groups excluding carboxylic acids is 1. The third-order valence-corrected chi connectivity index (χ3v) is 5.81. The Balaban J connectivity index is 1.83. The highest BCUT2D eigenvalue weighted by Crippen LogP contribution is 2.40. The van der Waals surface area contributed by atoms with Crippen molar-refractivity contribution in [2.75, 3.05) is 7.11 Å². The smallest absolute Gasteiger partial charge is 0.217 e. The summed E-state index contributed by atoms with van der Waals surface area (Å²) in [6.07, 6.45) is 3.60. The summed E-state index contributed by atoms with van der Waals surface area (Å²) in [4.78, 5) is 17.2. The van der Waals surface area contributed by atoms with Gasteiger partial charge in [0.1, 0.15) is 10.8 Å². The zero-order valence-corrected chi connectivity index (χ0v) is 16.5. The summed E-state index contributed by atoms with van der Waals surface area (Å²) in [5.74, 6) is 1.22. The van der Waals surface area contributed by atoms with E-state index in [0.717, 1.165) is 34.0 Å². The summed E-state index contributed by atoms with van der Waals surface area (Å²) in [6.45, 7) is 5.89. The van der Waals surface area contributed by atoms with Crippen molar-refractivity contribution in [2.45, 2.75) is 51.9 Å². The van der Waals surface area contributed by atoms with Crippen LogP contribution in [0.15, 0.2) is 30.5 Å². The minimum atomic E-state index is -0.0473. The topological polar surface area (TPSA) is 60.5 Å². The molecule has 0 spiro atoms. The number of thiazole rings is 1. The van der Waals surface area contributed by atoms with E-state index in [-0.39, 0.29) is 24.2 Å². The van der Waals surface area contributed by atoms with Crippen LogP contribution in [0.3, 0.4) is 0 Å². The SMILES string of the molecule is COc1ccccc1-c1ncc([C@H]2C[C@@H](NC(C)=O)C[C@@H](C(C)C)O2)s1. The number of ether oxygens (including phenoxy) is 2. The molecule has 3 atom stereocenters. The first-order chi connectivity index (χ1) is 12.5. The lowest BCUT2D eigenvalue weighted by Gasteiger charge is -2.37. The van der Waals surface area contributed by atoms with Gasteiger partial charge in [-0.1, -0.05) is 26.0 Å². The maximum Gasteiger partial charge on any atom is 0.217 e. The van der Waals surface area contributed by atoms with Gasteiger partial charge in [0.05, 0.1) is 29.8 Å². The molecule has 1 aromatic heterocycles. The number of amides is 1. The average molecular weight is 375 g/mol. The van der Waals surface area contributed by atoms with Crippen molar-refractivity contribution in [3.8, 4) is 16.3 Å². The largest absolute Gasteiger partial charge is 0.496 e. The third kappa shape index (κ3) is 4.24. The highest BCUT2D eigenvalue weighted by molar-refractivity contribution is 7.15.